The minimum atomic E-state index is -0.426. The van der Waals surface area contributed by atoms with E-state index in [-0.39, 0.29) is 0 Å². The molecule has 0 spiro atoms. The largest absolute Gasteiger partial charge is 0.377 e. The maximum atomic E-state index is 9.00. The van der Waals surface area contributed by atoms with Crippen molar-refractivity contribution >= 4 is 11.6 Å². The van der Waals surface area contributed by atoms with Crippen LogP contribution in [0.25, 0.3) is 0 Å². The van der Waals surface area contributed by atoms with Gasteiger partial charge in [-0.3, -0.25) is 0 Å². The van der Waals surface area contributed by atoms with Gasteiger partial charge in [-0.2, -0.15) is 5.26 Å². The van der Waals surface area contributed by atoms with Crippen molar-refractivity contribution in [2.45, 2.75) is 5.41 Å². The highest BCUT2D eigenvalue weighted by Crippen LogP contribution is 2.31. The highest BCUT2D eigenvalue weighted by Gasteiger charge is 2.40. The van der Waals surface area contributed by atoms with Gasteiger partial charge in [0.25, 0.3) is 0 Å². The molecule has 1 aliphatic rings. The zero-order valence-corrected chi connectivity index (χ0v) is 7.71. The normalized spacial score (nSPS) is 18.8. The van der Waals surface area contributed by atoms with Crippen LogP contribution in [0.15, 0.2) is 24.3 Å². The topological polar surface area (TPSA) is 33.0 Å². The van der Waals surface area contributed by atoms with Crippen molar-refractivity contribution in [3.8, 4) is 6.07 Å². The molecule has 0 aromatic heterocycles. The van der Waals surface area contributed by atoms with Gasteiger partial charge < -0.3 is 4.74 Å². The summed E-state index contributed by atoms with van der Waals surface area (Å²) in [7, 11) is 0. The first kappa shape index (κ1) is 8.55. The fourth-order valence-corrected chi connectivity index (χ4v) is 1.50. The lowest BCUT2D eigenvalue weighted by Gasteiger charge is -2.35. The summed E-state index contributed by atoms with van der Waals surface area (Å²) in [4.78, 5) is 0. The van der Waals surface area contributed by atoms with Crippen LogP contribution in [0.1, 0.15) is 5.56 Å². The highest BCUT2D eigenvalue weighted by atomic mass is 35.5. The summed E-state index contributed by atoms with van der Waals surface area (Å²) in [5.41, 5.74) is 0.565. The first-order chi connectivity index (χ1) is 6.27. The van der Waals surface area contributed by atoms with Crippen LogP contribution in [0.2, 0.25) is 5.02 Å². The number of nitriles is 1. The Morgan fingerprint density at radius 3 is 2.31 bits per heavy atom. The molecule has 2 rings (SSSR count). The molecule has 0 bridgehead atoms. The van der Waals surface area contributed by atoms with Crippen molar-refractivity contribution in [1.82, 2.24) is 0 Å². The average Bonchev–Trinajstić information content (AvgIpc) is 2.07. The fourth-order valence-electron chi connectivity index (χ4n) is 1.37. The van der Waals surface area contributed by atoms with E-state index in [1.807, 2.05) is 12.1 Å². The van der Waals surface area contributed by atoms with E-state index >= 15 is 0 Å². The minimum absolute atomic E-state index is 0.426. The summed E-state index contributed by atoms with van der Waals surface area (Å²) in [6, 6.07) is 9.65. The molecule has 1 aromatic carbocycles. The molecular formula is C10H8ClNO. The molecule has 0 radical (unpaired) electrons. The van der Waals surface area contributed by atoms with Crippen LogP contribution in [-0.4, -0.2) is 13.2 Å². The highest BCUT2D eigenvalue weighted by molar-refractivity contribution is 6.30. The van der Waals surface area contributed by atoms with Crippen molar-refractivity contribution in [2.24, 2.45) is 0 Å². The third kappa shape index (κ3) is 1.31. The second-order valence-corrected chi connectivity index (χ2v) is 3.63. The van der Waals surface area contributed by atoms with Gasteiger partial charge in [0.05, 0.1) is 19.3 Å². The van der Waals surface area contributed by atoms with Gasteiger partial charge >= 0.3 is 0 Å². The number of hydrogen-bond acceptors (Lipinski definition) is 2. The summed E-state index contributed by atoms with van der Waals surface area (Å²) >= 11 is 5.75. The van der Waals surface area contributed by atoms with Gasteiger partial charge in [0.1, 0.15) is 5.41 Å². The summed E-state index contributed by atoms with van der Waals surface area (Å²) in [6.07, 6.45) is 0. The van der Waals surface area contributed by atoms with Gasteiger partial charge in [0.15, 0.2) is 0 Å². The molecule has 0 amide bonds. The van der Waals surface area contributed by atoms with Gasteiger partial charge in [0, 0.05) is 5.02 Å². The quantitative estimate of drug-likeness (QED) is 0.685. The van der Waals surface area contributed by atoms with Gasteiger partial charge in [0.2, 0.25) is 0 Å². The molecule has 0 N–H and O–H groups in total. The Balaban J connectivity index is 2.35. The standard InChI is InChI=1S/C10H8ClNO/c11-9-3-1-8(2-4-9)10(5-12)6-13-7-10/h1-4H,6-7H2. The Morgan fingerprint density at radius 2 is 1.92 bits per heavy atom. The van der Waals surface area contributed by atoms with E-state index in [4.69, 9.17) is 21.6 Å². The van der Waals surface area contributed by atoms with E-state index in [0.29, 0.717) is 18.2 Å². The van der Waals surface area contributed by atoms with E-state index in [9.17, 15) is 0 Å². The van der Waals surface area contributed by atoms with Crippen LogP contribution in [0, 0.1) is 11.3 Å². The first-order valence-electron chi connectivity index (χ1n) is 4.02. The maximum absolute atomic E-state index is 9.00. The first-order valence-corrected chi connectivity index (χ1v) is 4.40. The van der Waals surface area contributed by atoms with Crippen LogP contribution in [0.5, 0.6) is 0 Å². The Morgan fingerprint density at radius 1 is 1.31 bits per heavy atom. The summed E-state index contributed by atoms with van der Waals surface area (Å²) in [6.45, 7) is 0.982. The third-order valence-electron chi connectivity index (χ3n) is 2.31. The van der Waals surface area contributed by atoms with Crippen molar-refractivity contribution in [2.75, 3.05) is 13.2 Å². The van der Waals surface area contributed by atoms with Gasteiger partial charge in [-0.25, -0.2) is 0 Å². The number of rotatable bonds is 1. The predicted octanol–water partition coefficient (Wildman–Crippen LogP) is 2.13. The van der Waals surface area contributed by atoms with Crippen LogP contribution in [0.3, 0.4) is 0 Å². The van der Waals surface area contributed by atoms with E-state index in [1.54, 1.807) is 12.1 Å². The molecule has 0 unspecified atom stereocenters. The van der Waals surface area contributed by atoms with Gasteiger partial charge in [-0.1, -0.05) is 23.7 Å². The minimum Gasteiger partial charge on any atom is -0.377 e. The Bertz CT molecular complexity index is 348. The summed E-state index contributed by atoms with van der Waals surface area (Å²) in [5, 5.41) is 9.69. The van der Waals surface area contributed by atoms with E-state index in [0.717, 1.165) is 5.56 Å². The molecule has 0 saturated carbocycles. The van der Waals surface area contributed by atoms with Crippen LogP contribution >= 0.6 is 11.6 Å². The SMILES string of the molecule is N#CC1(c2ccc(Cl)cc2)COC1. The van der Waals surface area contributed by atoms with Gasteiger partial charge in [-0.05, 0) is 17.7 Å². The fraction of sp³-hybridized carbons (Fsp3) is 0.300. The second kappa shape index (κ2) is 3.02. The van der Waals surface area contributed by atoms with Crippen molar-refractivity contribution in [1.29, 1.82) is 5.26 Å². The molecule has 66 valence electrons. The average molecular weight is 194 g/mol. The molecule has 2 nitrogen and oxygen atoms in total. The smallest absolute Gasteiger partial charge is 0.129 e. The monoisotopic (exact) mass is 193 g/mol. The Hall–Kier alpha value is -1.04. The maximum Gasteiger partial charge on any atom is 0.129 e. The molecule has 1 saturated heterocycles. The van der Waals surface area contributed by atoms with Crippen LogP contribution < -0.4 is 0 Å². The molecule has 1 fully saturated rings. The van der Waals surface area contributed by atoms with E-state index in [1.165, 1.54) is 0 Å². The molecule has 0 atom stereocenters. The number of ether oxygens (including phenoxy) is 1. The van der Waals surface area contributed by atoms with E-state index in [2.05, 4.69) is 6.07 Å². The van der Waals surface area contributed by atoms with E-state index < -0.39 is 5.41 Å². The molecular weight excluding hydrogens is 186 g/mol. The summed E-state index contributed by atoms with van der Waals surface area (Å²) < 4.78 is 5.06. The number of benzene rings is 1. The molecule has 13 heavy (non-hydrogen) atoms. The lowest BCUT2D eigenvalue weighted by Crippen LogP contribution is -2.45. The molecule has 1 aliphatic heterocycles. The van der Waals surface area contributed by atoms with Crippen molar-refractivity contribution < 1.29 is 4.74 Å². The van der Waals surface area contributed by atoms with Crippen LogP contribution in [-0.2, 0) is 10.2 Å². The third-order valence-corrected chi connectivity index (χ3v) is 2.56. The number of nitrogens with zero attached hydrogens (tertiary/aromatic N) is 1. The number of halogens is 1. The zero-order valence-electron chi connectivity index (χ0n) is 6.96. The summed E-state index contributed by atoms with van der Waals surface area (Å²) in [5.74, 6) is 0. The molecule has 1 aromatic rings. The van der Waals surface area contributed by atoms with Crippen molar-refractivity contribution in [3.05, 3.63) is 34.9 Å². The number of hydrogen-bond donors (Lipinski definition) is 0. The zero-order chi connectivity index (χ0) is 9.31. The predicted molar refractivity (Wildman–Crippen MR) is 49.6 cm³/mol. The lowest BCUT2D eigenvalue weighted by atomic mass is 9.80. The Kier molecular flexibility index (Phi) is 1.99. The van der Waals surface area contributed by atoms with Crippen molar-refractivity contribution in [3.63, 3.8) is 0 Å². The Labute approximate surface area is 81.7 Å². The second-order valence-electron chi connectivity index (χ2n) is 3.19. The molecule has 3 heteroatoms. The lowest BCUT2D eigenvalue weighted by molar-refractivity contribution is -0.0298. The van der Waals surface area contributed by atoms with Gasteiger partial charge in [-0.15, -0.1) is 0 Å². The van der Waals surface area contributed by atoms with Crippen LogP contribution in [0.4, 0.5) is 0 Å². The molecule has 0 aliphatic carbocycles. The molecule has 1 heterocycles.